The van der Waals surface area contributed by atoms with Gasteiger partial charge >= 0.3 is 0 Å². The Morgan fingerprint density at radius 2 is 2.12 bits per heavy atom. The van der Waals surface area contributed by atoms with Crippen molar-refractivity contribution in [2.45, 2.75) is 36.9 Å². The van der Waals surface area contributed by atoms with Crippen LogP contribution in [-0.4, -0.2) is 6.61 Å². The number of aryl methyl sites for hydroxylation is 1. The summed E-state index contributed by atoms with van der Waals surface area (Å²) in [5.74, 6) is 1.95. The van der Waals surface area contributed by atoms with Crippen LogP contribution in [0, 0.1) is 5.92 Å². The first-order valence-corrected chi connectivity index (χ1v) is 7.16. The second-order valence-corrected chi connectivity index (χ2v) is 5.90. The van der Waals surface area contributed by atoms with Gasteiger partial charge in [-0.05, 0) is 48.8 Å². The van der Waals surface area contributed by atoms with Crippen LogP contribution in [0.15, 0.2) is 18.2 Å². The van der Waals surface area contributed by atoms with Crippen molar-refractivity contribution in [3.05, 3.63) is 29.3 Å². The predicted molar refractivity (Wildman–Crippen MR) is 69.3 cm³/mol. The fourth-order valence-electron chi connectivity index (χ4n) is 2.56. The van der Waals surface area contributed by atoms with Crippen molar-refractivity contribution in [2.24, 2.45) is 5.92 Å². The molecule has 1 aromatic carbocycles. The van der Waals surface area contributed by atoms with Crippen molar-refractivity contribution >= 4 is 15.9 Å². The molecule has 0 spiro atoms. The lowest BCUT2D eigenvalue weighted by Gasteiger charge is -2.31. The third kappa shape index (κ3) is 1.88. The molecule has 1 aromatic rings. The molecule has 2 aliphatic rings. The van der Waals surface area contributed by atoms with Crippen LogP contribution in [-0.2, 0) is 6.42 Å². The quantitative estimate of drug-likeness (QED) is 0.736. The lowest BCUT2D eigenvalue weighted by Crippen LogP contribution is -2.17. The minimum Gasteiger partial charge on any atom is -0.493 e. The molecule has 1 saturated carbocycles. The Bertz CT molecular complexity index is 384. The lowest BCUT2D eigenvalue weighted by atomic mass is 9.80. The molecule has 0 N–H and O–H groups in total. The predicted octanol–water partition coefficient (Wildman–Crippen LogP) is 4.25. The van der Waals surface area contributed by atoms with Gasteiger partial charge in [-0.2, -0.15) is 0 Å². The van der Waals surface area contributed by atoms with E-state index in [4.69, 9.17) is 4.74 Å². The van der Waals surface area contributed by atoms with E-state index in [0.29, 0.717) is 4.83 Å². The van der Waals surface area contributed by atoms with Crippen molar-refractivity contribution in [3.63, 3.8) is 0 Å². The number of rotatable bonds is 2. The van der Waals surface area contributed by atoms with E-state index in [1.165, 1.54) is 36.8 Å². The van der Waals surface area contributed by atoms with E-state index in [0.717, 1.165) is 24.7 Å². The Morgan fingerprint density at radius 1 is 1.25 bits per heavy atom. The highest BCUT2D eigenvalue weighted by molar-refractivity contribution is 9.09. The third-order valence-electron chi connectivity index (χ3n) is 3.81. The first-order chi connectivity index (χ1) is 7.84. The van der Waals surface area contributed by atoms with E-state index in [-0.39, 0.29) is 0 Å². The summed E-state index contributed by atoms with van der Waals surface area (Å²) >= 11 is 3.85. The Morgan fingerprint density at radius 3 is 2.88 bits per heavy atom. The molecule has 0 radical (unpaired) electrons. The average molecular weight is 281 g/mol. The smallest absolute Gasteiger partial charge is 0.122 e. The highest BCUT2D eigenvalue weighted by Crippen LogP contribution is 2.44. The van der Waals surface area contributed by atoms with Crippen molar-refractivity contribution in [1.82, 2.24) is 0 Å². The fourth-order valence-corrected chi connectivity index (χ4v) is 3.37. The monoisotopic (exact) mass is 280 g/mol. The molecule has 1 heterocycles. The summed E-state index contributed by atoms with van der Waals surface area (Å²) in [4.78, 5) is 0.550. The maximum Gasteiger partial charge on any atom is 0.122 e. The minimum atomic E-state index is 0.550. The molecule has 1 unspecified atom stereocenters. The standard InChI is InChI=1S/C14H17BrO/c15-14(10-3-1-4-10)12-6-7-13-11(9-12)5-2-8-16-13/h6-7,9-10,14H,1-5,8H2. The van der Waals surface area contributed by atoms with E-state index in [2.05, 4.69) is 34.1 Å². The summed E-state index contributed by atoms with van der Waals surface area (Å²) < 4.78 is 5.64. The zero-order valence-corrected chi connectivity index (χ0v) is 11.0. The number of hydrogen-bond acceptors (Lipinski definition) is 1. The molecule has 3 rings (SSSR count). The molecular formula is C14H17BrO. The van der Waals surface area contributed by atoms with Gasteiger partial charge in [0.05, 0.1) is 6.61 Å². The topological polar surface area (TPSA) is 9.23 Å². The SMILES string of the molecule is BrC(c1ccc2c(c1)CCCO2)C1CCC1. The molecular weight excluding hydrogens is 264 g/mol. The molecule has 1 aliphatic heterocycles. The van der Waals surface area contributed by atoms with Crippen LogP contribution in [0.3, 0.4) is 0 Å². The molecule has 1 nitrogen and oxygen atoms in total. The Kier molecular flexibility index (Phi) is 2.93. The summed E-state index contributed by atoms with van der Waals surface area (Å²) in [5.41, 5.74) is 2.83. The normalized spacial score (nSPS) is 21.8. The highest BCUT2D eigenvalue weighted by atomic mass is 79.9. The second-order valence-electron chi connectivity index (χ2n) is 4.91. The zero-order chi connectivity index (χ0) is 11.0. The van der Waals surface area contributed by atoms with Crippen LogP contribution in [0.25, 0.3) is 0 Å². The van der Waals surface area contributed by atoms with Crippen molar-refractivity contribution < 1.29 is 4.74 Å². The molecule has 16 heavy (non-hydrogen) atoms. The van der Waals surface area contributed by atoms with Gasteiger partial charge in [0.15, 0.2) is 0 Å². The van der Waals surface area contributed by atoms with Crippen LogP contribution in [0.2, 0.25) is 0 Å². The zero-order valence-electron chi connectivity index (χ0n) is 9.42. The molecule has 86 valence electrons. The molecule has 0 saturated heterocycles. The molecule has 0 aromatic heterocycles. The largest absolute Gasteiger partial charge is 0.493 e. The highest BCUT2D eigenvalue weighted by Gasteiger charge is 2.27. The van der Waals surface area contributed by atoms with Crippen molar-refractivity contribution in [2.75, 3.05) is 6.61 Å². The molecule has 1 aliphatic carbocycles. The molecule has 0 bridgehead atoms. The van der Waals surface area contributed by atoms with Crippen LogP contribution in [0.1, 0.15) is 41.6 Å². The second kappa shape index (κ2) is 4.40. The third-order valence-corrected chi connectivity index (χ3v) is 5.09. The van der Waals surface area contributed by atoms with Crippen LogP contribution >= 0.6 is 15.9 Å². The summed E-state index contributed by atoms with van der Waals surface area (Å²) in [7, 11) is 0. The Hall–Kier alpha value is -0.500. The van der Waals surface area contributed by atoms with Crippen molar-refractivity contribution in [1.29, 1.82) is 0 Å². The Labute approximate surface area is 105 Å². The maximum atomic E-state index is 5.64. The Balaban J connectivity index is 1.84. The van der Waals surface area contributed by atoms with Crippen LogP contribution in [0.5, 0.6) is 5.75 Å². The van der Waals surface area contributed by atoms with Gasteiger partial charge in [-0.25, -0.2) is 0 Å². The summed E-state index contributed by atoms with van der Waals surface area (Å²) in [6.07, 6.45) is 6.49. The van der Waals surface area contributed by atoms with E-state index in [1.807, 2.05) is 0 Å². The summed E-state index contributed by atoms with van der Waals surface area (Å²) in [5, 5.41) is 0. The van der Waals surface area contributed by atoms with E-state index in [1.54, 1.807) is 0 Å². The number of benzene rings is 1. The van der Waals surface area contributed by atoms with Crippen LogP contribution in [0.4, 0.5) is 0 Å². The average Bonchev–Trinajstić information content (AvgIpc) is 2.26. The number of alkyl halides is 1. The van der Waals surface area contributed by atoms with Gasteiger partial charge < -0.3 is 4.74 Å². The van der Waals surface area contributed by atoms with E-state index in [9.17, 15) is 0 Å². The van der Waals surface area contributed by atoms with Gasteiger partial charge in [-0.1, -0.05) is 34.5 Å². The van der Waals surface area contributed by atoms with Crippen molar-refractivity contribution in [3.8, 4) is 5.75 Å². The fraction of sp³-hybridized carbons (Fsp3) is 0.571. The van der Waals surface area contributed by atoms with Gasteiger partial charge in [0.2, 0.25) is 0 Å². The molecule has 1 atom stereocenters. The van der Waals surface area contributed by atoms with E-state index < -0.39 is 0 Å². The van der Waals surface area contributed by atoms with Gasteiger partial charge in [0.1, 0.15) is 5.75 Å². The number of hydrogen-bond donors (Lipinski definition) is 0. The van der Waals surface area contributed by atoms with Crippen LogP contribution < -0.4 is 4.74 Å². The first kappa shape index (κ1) is 10.6. The molecule has 1 fully saturated rings. The van der Waals surface area contributed by atoms with Gasteiger partial charge in [-0.15, -0.1) is 0 Å². The lowest BCUT2D eigenvalue weighted by molar-refractivity contribution is 0.287. The first-order valence-electron chi connectivity index (χ1n) is 6.24. The number of fused-ring (bicyclic) bond motifs is 1. The van der Waals surface area contributed by atoms with Gasteiger partial charge in [0, 0.05) is 4.83 Å². The van der Waals surface area contributed by atoms with Gasteiger partial charge in [-0.3, -0.25) is 0 Å². The molecule has 2 heteroatoms. The van der Waals surface area contributed by atoms with E-state index >= 15 is 0 Å². The number of ether oxygens (including phenoxy) is 1. The summed E-state index contributed by atoms with van der Waals surface area (Å²) in [6.45, 7) is 0.882. The minimum absolute atomic E-state index is 0.550. The summed E-state index contributed by atoms with van der Waals surface area (Å²) in [6, 6.07) is 6.71. The molecule has 0 amide bonds. The van der Waals surface area contributed by atoms with Gasteiger partial charge in [0.25, 0.3) is 0 Å². The number of halogens is 1. The maximum absolute atomic E-state index is 5.64.